The Morgan fingerprint density at radius 1 is 1.17 bits per heavy atom. The lowest BCUT2D eigenvalue weighted by Gasteiger charge is -2.21. The monoisotopic (exact) mass is 514 g/mol. The van der Waals surface area contributed by atoms with E-state index in [1.54, 1.807) is 0 Å². The van der Waals surface area contributed by atoms with Crippen molar-refractivity contribution in [2.75, 3.05) is 0 Å². The fourth-order valence-electron chi connectivity index (χ4n) is 3.84. The van der Waals surface area contributed by atoms with E-state index >= 15 is 0 Å². The van der Waals surface area contributed by atoms with Gasteiger partial charge in [0.1, 0.15) is 12.4 Å². The number of halogens is 1. The predicted octanol–water partition coefficient (Wildman–Crippen LogP) is 2.70. The highest BCUT2D eigenvalue weighted by Gasteiger charge is 2.19. The van der Waals surface area contributed by atoms with Crippen LogP contribution in [0.4, 0.5) is 0 Å². The second-order valence-electron chi connectivity index (χ2n) is 8.04. The van der Waals surface area contributed by atoms with Gasteiger partial charge in [-0.3, -0.25) is 4.68 Å². The zero-order valence-electron chi connectivity index (χ0n) is 18.5. The molecule has 9 heteroatoms. The molecule has 1 unspecified atom stereocenters. The summed E-state index contributed by atoms with van der Waals surface area (Å²) in [6.45, 7) is 8.87. The van der Waals surface area contributed by atoms with E-state index in [0.29, 0.717) is 12.6 Å². The molecule has 1 atom stereocenters. The third kappa shape index (κ3) is 5.93. The van der Waals surface area contributed by atoms with Crippen molar-refractivity contribution in [3.8, 4) is 0 Å². The van der Waals surface area contributed by atoms with Gasteiger partial charge in [-0.25, -0.2) is 4.99 Å². The van der Waals surface area contributed by atoms with Crippen LogP contribution in [0.5, 0.6) is 0 Å². The molecule has 0 spiro atoms. The maximum absolute atomic E-state index is 4.81. The van der Waals surface area contributed by atoms with Gasteiger partial charge in [-0.1, -0.05) is 12.8 Å². The Labute approximate surface area is 191 Å². The van der Waals surface area contributed by atoms with E-state index in [9.17, 15) is 0 Å². The number of rotatable bonds is 6. The zero-order valence-corrected chi connectivity index (χ0v) is 20.8. The van der Waals surface area contributed by atoms with Crippen LogP contribution in [-0.4, -0.2) is 42.6 Å². The minimum absolute atomic E-state index is 0. The molecule has 162 valence electrons. The van der Waals surface area contributed by atoms with E-state index in [1.165, 1.54) is 36.9 Å². The van der Waals surface area contributed by atoms with Gasteiger partial charge in [-0.2, -0.15) is 5.10 Å². The number of hydrogen-bond donors (Lipinski definition) is 2. The molecule has 2 heterocycles. The van der Waals surface area contributed by atoms with Crippen molar-refractivity contribution in [2.24, 2.45) is 19.1 Å². The second-order valence-corrected chi connectivity index (χ2v) is 8.04. The summed E-state index contributed by atoms with van der Waals surface area (Å²) in [6.07, 6.45) is 5.91. The van der Waals surface area contributed by atoms with E-state index in [0.717, 1.165) is 29.7 Å². The van der Waals surface area contributed by atoms with Gasteiger partial charge in [0.15, 0.2) is 11.8 Å². The van der Waals surface area contributed by atoms with Crippen molar-refractivity contribution in [3.05, 3.63) is 28.6 Å². The normalized spacial score (nSPS) is 16.0. The topological polar surface area (TPSA) is 85.0 Å². The minimum atomic E-state index is 0. The number of nitrogens with zero attached hydrogens (tertiary/aromatic N) is 6. The quantitative estimate of drug-likeness (QED) is 0.352. The lowest BCUT2D eigenvalue weighted by Crippen LogP contribution is -2.46. The lowest BCUT2D eigenvalue weighted by atomic mass is 10.1. The van der Waals surface area contributed by atoms with Crippen molar-refractivity contribution in [1.29, 1.82) is 0 Å². The summed E-state index contributed by atoms with van der Waals surface area (Å²) in [6, 6.07) is 0.747. The molecule has 0 bridgehead atoms. The Morgan fingerprint density at radius 2 is 1.86 bits per heavy atom. The number of guanidine groups is 1. The average molecular weight is 514 g/mol. The summed E-state index contributed by atoms with van der Waals surface area (Å²) in [5, 5.41) is 20.1. The smallest absolute Gasteiger partial charge is 0.192 e. The first-order chi connectivity index (χ1) is 13.3. The van der Waals surface area contributed by atoms with E-state index in [1.807, 2.05) is 30.3 Å². The molecule has 0 aromatic carbocycles. The highest BCUT2D eigenvalue weighted by atomic mass is 127. The van der Waals surface area contributed by atoms with E-state index in [4.69, 9.17) is 4.99 Å². The molecule has 1 aliphatic carbocycles. The molecule has 1 saturated carbocycles. The Bertz CT molecular complexity index is 832. The maximum Gasteiger partial charge on any atom is 0.192 e. The average Bonchev–Trinajstić information content (AvgIpc) is 3.33. The van der Waals surface area contributed by atoms with Crippen LogP contribution < -0.4 is 10.6 Å². The van der Waals surface area contributed by atoms with Crippen molar-refractivity contribution in [1.82, 2.24) is 35.2 Å². The molecule has 1 fully saturated rings. The van der Waals surface area contributed by atoms with Gasteiger partial charge in [0.25, 0.3) is 0 Å². The van der Waals surface area contributed by atoms with Gasteiger partial charge in [0, 0.05) is 31.9 Å². The van der Waals surface area contributed by atoms with E-state index in [-0.39, 0.29) is 30.0 Å². The molecular weight excluding hydrogens is 479 g/mol. The van der Waals surface area contributed by atoms with Gasteiger partial charge in [-0.15, -0.1) is 34.2 Å². The molecule has 0 amide bonds. The lowest BCUT2D eigenvalue weighted by molar-refractivity contribution is 0.580. The molecule has 0 radical (unpaired) electrons. The van der Waals surface area contributed by atoms with Gasteiger partial charge >= 0.3 is 0 Å². The summed E-state index contributed by atoms with van der Waals surface area (Å²) in [4.78, 5) is 4.81. The van der Waals surface area contributed by atoms with Crippen LogP contribution in [0.1, 0.15) is 61.2 Å². The fraction of sp³-hybridized carbons (Fsp3) is 0.700. The fourth-order valence-corrected chi connectivity index (χ4v) is 3.84. The molecule has 2 aromatic rings. The highest BCUT2D eigenvalue weighted by molar-refractivity contribution is 14.0. The Balaban J connectivity index is 0.00000300. The zero-order chi connectivity index (χ0) is 20.3. The third-order valence-electron chi connectivity index (χ3n) is 5.81. The van der Waals surface area contributed by atoms with Crippen molar-refractivity contribution in [3.63, 3.8) is 0 Å². The Kier molecular flexibility index (Phi) is 8.47. The van der Waals surface area contributed by atoms with Crippen LogP contribution in [0.25, 0.3) is 0 Å². The maximum atomic E-state index is 4.81. The number of aliphatic imine (C=N–C) groups is 1. The summed E-state index contributed by atoms with van der Waals surface area (Å²) in [5.41, 5.74) is 3.64. The van der Waals surface area contributed by atoms with Gasteiger partial charge in [0.05, 0.1) is 5.69 Å². The van der Waals surface area contributed by atoms with E-state index in [2.05, 4.69) is 46.7 Å². The van der Waals surface area contributed by atoms with E-state index < -0.39 is 0 Å². The largest absolute Gasteiger partial charge is 0.354 e. The van der Waals surface area contributed by atoms with Crippen LogP contribution in [-0.2, 0) is 27.1 Å². The molecular formula is C20H35IN8. The van der Waals surface area contributed by atoms with Crippen LogP contribution in [0.2, 0.25) is 0 Å². The molecule has 1 aliphatic rings. The Hall–Kier alpha value is -1.65. The number of aromatic nitrogens is 5. The van der Waals surface area contributed by atoms with Crippen LogP contribution >= 0.6 is 24.0 Å². The first-order valence-electron chi connectivity index (χ1n) is 10.3. The Morgan fingerprint density at radius 3 is 2.41 bits per heavy atom. The van der Waals surface area contributed by atoms with Crippen LogP contribution in [0.15, 0.2) is 4.99 Å². The molecule has 29 heavy (non-hydrogen) atoms. The summed E-state index contributed by atoms with van der Waals surface area (Å²) in [5.74, 6) is 2.63. The van der Waals surface area contributed by atoms with Gasteiger partial charge in [0.2, 0.25) is 0 Å². The summed E-state index contributed by atoms with van der Waals surface area (Å²) in [7, 11) is 3.98. The minimum Gasteiger partial charge on any atom is -0.354 e. The molecule has 3 rings (SSSR count). The van der Waals surface area contributed by atoms with Crippen molar-refractivity contribution >= 4 is 29.9 Å². The summed E-state index contributed by atoms with van der Waals surface area (Å²) >= 11 is 0. The van der Waals surface area contributed by atoms with Crippen molar-refractivity contribution in [2.45, 2.75) is 78.4 Å². The van der Waals surface area contributed by atoms with Crippen LogP contribution in [0, 0.1) is 20.8 Å². The van der Waals surface area contributed by atoms with Crippen LogP contribution in [0.3, 0.4) is 0 Å². The van der Waals surface area contributed by atoms with Gasteiger partial charge < -0.3 is 15.2 Å². The standard InChI is InChI=1S/C20H34N8.HI/c1-13(11-18-14(2)26-28(6)15(18)3)22-20(23-17-9-7-8-10-17)21-12-19-25-24-16(4)27(19)5;/h13,17H,7-12H2,1-6H3,(H2,21,22,23);1H. The molecule has 8 nitrogen and oxygen atoms in total. The van der Waals surface area contributed by atoms with Gasteiger partial charge in [-0.05, 0) is 52.5 Å². The molecule has 0 saturated heterocycles. The SMILES string of the molecule is Cc1nn(C)c(C)c1CC(C)NC(=NCc1nnc(C)n1C)NC1CCCC1.I. The first kappa shape index (κ1) is 23.6. The number of hydrogen-bond acceptors (Lipinski definition) is 4. The predicted molar refractivity (Wildman–Crippen MR) is 127 cm³/mol. The number of nitrogens with one attached hydrogen (secondary N) is 2. The third-order valence-corrected chi connectivity index (χ3v) is 5.81. The molecule has 2 N–H and O–H groups in total. The number of aryl methyl sites for hydroxylation is 3. The van der Waals surface area contributed by atoms with Crippen molar-refractivity contribution < 1.29 is 0 Å². The highest BCUT2D eigenvalue weighted by Crippen LogP contribution is 2.18. The molecule has 2 aromatic heterocycles. The summed E-state index contributed by atoms with van der Waals surface area (Å²) < 4.78 is 3.95. The first-order valence-corrected chi connectivity index (χ1v) is 10.3. The molecule has 0 aliphatic heterocycles. The second kappa shape index (κ2) is 10.4.